The number of hydrogen-bond donors (Lipinski definition) is 2. The summed E-state index contributed by atoms with van der Waals surface area (Å²) >= 11 is 0. The van der Waals surface area contributed by atoms with Crippen molar-refractivity contribution in [3.63, 3.8) is 0 Å². The summed E-state index contributed by atoms with van der Waals surface area (Å²) in [5.74, 6) is 0.141. The first-order valence-electron chi connectivity index (χ1n) is 6.32. The fourth-order valence-electron chi connectivity index (χ4n) is 2.56. The molecule has 1 aliphatic carbocycles. The van der Waals surface area contributed by atoms with Gasteiger partial charge in [-0.3, -0.25) is 0 Å². The van der Waals surface area contributed by atoms with Crippen LogP contribution in [0, 0.1) is 11.8 Å². The summed E-state index contributed by atoms with van der Waals surface area (Å²) in [5, 5.41) is 18.6. The summed E-state index contributed by atoms with van der Waals surface area (Å²) in [5.41, 5.74) is 0. The molecule has 18 heavy (non-hydrogen) atoms. The smallest absolute Gasteiger partial charge is 0.326 e. The number of β-amino-alcohol motifs (C(OH)–C–C–N with tert-alkyl or cyclic N) is 1. The van der Waals surface area contributed by atoms with Crippen LogP contribution in [0.15, 0.2) is 0 Å². The fraction of sp³-hybridized carbons (Fsp3) is 0.833. The Morgan fingerprint density at radius 2 is 2.00 bits per heavy atom. The predicted molar refractivity (Wildman–Crippen MR) is 64.1 cm³/mol. The first-order chi connectivity index (χ1) is 8.40. The number of aliphatic hydroxyl groups excluding tert-OH is 1. The highest BCUT2D eigenvalue weighted by Crippen LogP contribution is 2.38. The molecule has 0 bridgehead atoms. The van der Waals surface area contributed by atoms with Crippen molar-refractivity contribution < 1.29 is 19.8 Å². The van der Waals surface area contributed by atoms with E-state index in [0.29, 0.717) is 18.4 Å². The minimum atomic E-state index is -1.05. The number of hydrogen-bond acceptors (Lipinski definition) is 3. The molecule has 6 heteroatoms. The van der Waals surface area contributed by atoms with Crippen LogP contribution >= 0.6 is 0 Å². The standard InChI is InChI=1S/C12H20N2O4/c1-7-3-8(7)5-13(2)12(18)14-6-9(15)4-10(14)11(16)17/h7-10,15H,3-6H2,1-2H3,(H,16,17)/t7?,8?,9-,10-/m1/s1. The summed E-state index contributed by atoms with van der Waals surface area (Å²) in [4.78, 5) is 26.0. The minimum absolute atomic E-state index is 0.111. The predicted octanol–water partition coefficient (Wildman–Crippen LogP) is 0.214. The number of carbonyl (C=O) groups is 2. The molecule has 6 nitrogen and oxygen atoms in total. The summed E-state index contributed by atoms with van der Waals surface area (Å²) in [6.07, 6.45) is 0.514. The van der Waals surface area contributed by atoms with E-state index in [-0.39, 0.29) is 19.0 Å². The largest absolute Gasteiger partial charge is 0.480 e. The quantitative estimate of drug-likeness (QED) is 0.756. The zero-order valence-electron chi connectivity index (χ0n) is 10.7. The van der Waals surface area contributed by atoms with Gasteiger partial charge in [0.2, 0.25) is 0 Å². The van der Waals surface area contributed by atoms with Crippen molar-refractivity contribution in [2.24, 2.45) is 11.8 Å². The van der Waals surface area contributed by atoms with Crippen LogP contribution in [0.2, 0.25) is 0 Å². The number of nitrogens with zero attached hydrogens (tertiary/aromatic N) is 2. The van der Waals surface area contributed by atoms with Gasteiger partial charge in [0.15, 0.2) is 0 Å². The highest BCUT2D eigenvalue weighted by molar-refractivity contribution is 5.83. The van der Waals surface area contributed by atoms with Crippen molar-refractivity contribution in [3.8, 4) is 0 Å². The number of carbonyl (C=O) groups excluding carboxylic acids is 1. The lowest BCUT2D eigenvalue weighted by Gasteiger charge is -2.27. The van der Waals surface area contributed by atoms with Crippen LogP contribution in [0.5, 0.6) is 0 Å². The first kappa shape index (κ1) is 13.1. The maximum Gasteiger partial charge on any atom is 0.326 e. The van der Waals surface area contributed by atoms with Crippen LogP contribution in [0.3, 0.4) is 0 Å². The van der Waals surface area contributed by atoms with Crippen LogP contribution in [0.25, 0.3) is 0 Å². The van der Waals surface area contributed by atoms with Gasteiger partial charge in [-0.15, -0.1) is 0 Å². The minimum Gasteiger partial charge on any atom is -0.480 e. The molecule has 1 saturated heterocycles. The number of carboxylic acid groups (broad SMARTS) is 1. The Morgan fingerprint density at radius 3 is 2.50 bits per heavy atom. The van der Waals surface area contributed by atoms with E-state index in [4.69, 9.17) is 5.11 Å². The van der Waals surface area contributed by atoms with Crippen LogP contribution < -0.4 is 0 Å². The Kier molecular flexibility index (Phi) is 3.47. The molecule has 0 radical (unpaired) electrons. The molecular weight excluding hydrogens is 236 g/mol. The van der Waals surface area contributed by atoms with Crippen molar-refractivity contribution in [2.45, 2.75) is 31.9 Å². The molecular formula is C12H20N2O4. The van der Waals surface area contributed by atoms with Gasteiger partial charge in [0.1, 0.15) is 6.04 Å². The van der Waals surface area contributed by atoms with Crippen molar-refractivity contribution in [2.75, 3.05) is 20.1 Å². The second-order valence-electron chi connectivity index (χ2n) is 5.53. The van der Waals surface area contributed by atoms with E-state index in [1.54, 1.807) is 11.9 Å². The van der Waals surface area contributed by atoms with Gasteiger partial charge in [-0.25, -0.2) is 9.59 Å². The van der Waals surface area contributed by atoms with Gasteiger partial charge in [-0.1, -0.05) is 6.92 Å². The highest BCUT2D eigenvalue weighted by Gasteiger charge is 2.41. The number of rotatable bonds is 3. The average Bonchev–Trinajstić information content (AvgIpc) is 2.83. The molecule has 102 valence electrons. The van der Waals surface area contributed by atoms with Crippen LogP contribution in [-0.2, 0) is 4.79 Å². The molecule has 0 aromatic heterocycles. The van der Waals surface area contributed by atoms with Crippen molar-refractivity contribution >= 4 is 12.0 Å². The number of carboxylic acids is 1. The van der Waals surface area contributed by atoms with Gasteiger partial charge in [-0.05, 0) is 18.3 Å². The number of urea groups is 1. The van der Waals surface area contributed by atoms with Crippen molar-refractivity contribution in [3.05, 3.63) is 0 Å². The molecule has 1 aliphatic heterocycles. The van der Waals surface area contributed by atoms with Gasteiger partial charge in [0.25, 0.3) is 0 Å². The SMILES string of the molecule is CC1CC1CN(C)C(=O)N1C[C@H](O)C[C@@H]1C(=O)O. The maximum absolute atomic E-state index is 12.2. The number of amides is 2. The van der Waals surface area contributed by atoms with Crippen LogP contribution in [0.4, 0.5) is 4.79 Å². The number of aliphatic carboxylic acids is 1. The molecule has 0 spiro atoms. The third-order valence-electron chi connectivity index (χ3n) is 3.92. The molecule has 0 aromatic rings. The fourth-order valence-corrected chi connectivity index (χ4v) is 2.56. The number of likely N-dealkylation sites (tertiary alicyclic amines) is 1. The average molecular weight is 256 g/mol. The normalized spacial score (nSPS) is 34.5. The monoisotopic (exact) mass is 256 g/mol. The lowest BCUT2D eigenvalue weighted by atomic mass is 10.2. The molecule has 0 aromatic carbocycles. The Balaban J connectivity index is 1.96. The van der Waals surface area contributed by atoms with Crippen LogP contribution in [0.1, 0.15) is 19.8 Å². The van der Waals surface area contributed by atoms with Crippen LogP contribution in [-0.4, -0.2) is 64.3 Å². The topological polar surface area (TPSA) is 81.1 Å². The third kappa shape index (κ3) is 2.58. The second kappa shape index (κ2) is 4.76. The molecule has 4 atom stereocenters. The van der Waals surface area contributed by atoms with E-state index in [9.17, 15) is 14.7 Å². The van der Waals surface area contributed by atoms with E-state index in [1.807, 2.05) is 0 Å². The zero-order valence-corrected chi connectivity index (χ0v) is 10.7. The number of aliphatic hydroxyl groups is 1. The van der Waals surface area contributed by atoms with E-state index in [2.05, 4.69) is 6.92 Å². The molecule has 2 N–H and O–H groups in total. The van der Waals surface area contributed by atoms with Gasteiger partial charge >= 0.3 is 12.0 Å². The Bertz CT molecular complexity index is 360. The van der Waals surface area contributed by atoms with Gasteiger partial charge in [0, 0.05) is 26.6 Å². The highest BCUT2D eigenvalue weighted by atomic mass is 16.4. The summed E-state index contributed by atoms with van der Waals surface area (Å²) < 4.78 is 0. The first-order valence-corrected chi connectivity index (χ1v) is 6.32. The zero-order chi connectivity index (χ0) is 13.4. The van der Waals surface area contributed by atoms with E-state index in [1.165, 1.54) is 4.90 Å². The van der Waals surface area contributed by atoms with E-state index in [0.717, 1.165) is 6.42 Å². The van der Waals surface area contributed by atoms with Crippen molar-refractivity contribution in [1.29, 1.82) is 0 Å². The summed E-state index contributed by atoms with van der Waals surface area (Å²) in [6.45, 7) is 2.92. The van der Waals surface area contributed by atoms with Gasteiger partial charge in [-0.2, -0.15) is 0 Å². The molecule has 2 rings (SSSR count). The Labute approximate surface area is 106 Å². The molecule has 2 aliphatic rings. The molecule has 2 fully saturated rings. The Hall–Kier alpha value is -1.30. The second-order valence-corrected chi connectivity index (χ2v) is 5.53. The van der Waals surface area contributed by atoms with Gasteiger partial charge in [0.05, 0.1) is 6.10 Å². The Morgan fingerprint density at radius 1 is 1.39 bits per heavy atom. The maximum atomic E-state index is 12.2. The molecule has 1 saturated carbocycles. The molecule has 2 amide bonds. The summed E-state index contributed by atoms with van der Waals surface area (Å²) in [7, 11) is 1.69. The third-order valence-corrected chi connectivity index (χ3v) is 3.92. The lowest BCUT2D eigenvalue weighted by Crippen LogP contribution is -2.47. The lowest BCUT2D eigenvalue weighted by molar-refractivity contribution is -0.141. The van der Waals surface area contributed by atoms with Gasteiger partial charge < -0.3 is 20.0 Å². The van der Waals surface area contributed by atoms with E-state index >= 15 is 0 Å². The van der Waals surface area contributed by atoms with Crippen molar-refractivity contribution in [1.82, 2.24) is 9.80 Å². The molecule has 2 unspecified atom stereocenters. The molecule has 1 heterocycles. The van der Waals surface area contributed by atoms with E-state index < -0.39 is 18.1 Å². The summed E-state index contributed by atoms with van der Waals surface area (Å²) in [6, 6.07) is -1.19.